The van der Waals surface area contributed by atoms with Crippen LogP contribution in [0.4, 0.5) is 5.69 Å². The zero-order chi connectivity index (χ0) is 7.68. The third-order valence-electron chi connectivity index (χ3n) is 1.41. The predicted molar refractivity (Wildman–Crippen MR) is 37.0 cm³/mol. The van der Waals surface area contributed by atoms with E-state index in [1.54, 1.807) is 0 Å². The van der Waals surface area contributed by atoms with Crippen molar-refractivity contribution in [2.75, 3.05) is 13.2 Å². The second-order valence-electron chi connectivity index (χ2n) is 2.14. The number of ether oxygens (including phenoxy) is 1. The Morgan fingerprint density at radius 1 is 1.64 bits per heavy atom. The van der Waals surface area contributed by atoms with E-state index in [0.29, 0.717) is 18.8 Å². The molecule has 0 fully saturated rings. The number of aromatic amines is 1. The van der Waals surface area contributed by atoms with Crippen LogP contribution < -0.4 is 15.6 Å². The van der Waals surface area contributed by atoms with E-state index in [-0.39, 0.29) is 11.3 Å². The molecule has 11 heavy (non-hydrogen) atoms. The van der Waals surface area contributed by atoms with Crippen LogP contribution in [0.3, 0.4) is 0 Å². The van der Waals surface area contributed by atoms with Gasteiger partial charge in [0.1, 0.15) is 12.3 Å². The molecular formula is C6H6N3O2. The highest BCUT2D eigenvalue weighted by molar-refractivity contribution is 5.47. The molecule has 5 nitrogen and oxygen atoms in total. The van der Waals surface area contributed by atoms with Crippen LogP contribution >= 0.6 is 0 Å². The Hall–Kier alpha value is -1.52. The summed E-state index contributed by atoms with van der Waals surface area (Å²) in [5, 5.41) is 9.90. The number of nitrogens with one attached hydrogen (secondary N) is 1. The first-order valence-corrected chi connectivity index (χ1v) is 3.26. The highest BCUT2D eigenvalue weighted by Crippen LogP contribution is 2.19. The maximum absolute atomic E-state index is 11.0. The summed E-state index contributed by atoms with van der Waals surface area (Å²) in [5.74, 6) is 0.284. The Balaban J connectivity index is 2.58. The molecule has 0 bridgehead atoms. The van der Waals surface area contributed by atoms with Crippen LogP contribution in [-0.2, 0) is 0 Å². The average molecular weight is 152 g/mol. The van der Waals surface area contributed by atoms with Gasteiger partial charge in [0.25, 0.3) is 0 Å². The lowest BCUT2D eigenvalue weighted by Crippen LogP contribution is -2.24. The quantitative estimate of drug-likeness (QED) is 0.539. The van der Waals surface area contributed by atoms with Crippen molar-refractivity contribution in [2.24, 2.45) is 0 Å². The van der Waals surface area contributed by atoms with Gasteiger partial charge >= 0.3 is 5.56 Å². The van der Waals surface area contributed by atoms with Crippen molar-refractivity contribution in [2.45, 2.75) is 0 Å². The first kappa shape index (κ1) is 6.21. The molecule has 1 radical (unpaired) electrons. The monoisotopic (exact) mass is 152 g/mol. The SMILES string of the molecule is O=c1[nH]ncc2c1OCC[N]2. The number of hydrogen-bond acceptors (Lipinski definition) is 3. The zero-order valence-corrected chi connectivity index (χ0v) is 5.70. The van der Waals surface area contributed by atoms with Crippen molar-refractivity contribution in [3.05, 3.63) is 16.6 Å². The van der Waals surface area contributed by atoms with E-state index in [9.17, 15) is 4.79 Å². The molecule has 2 heterocycles. The molecule has 0 atom stereocenters. The second kappa shape index (κ2) is 2.26. The summed E-state index contributed by atoms with van der Waals surface area (Å²) in [6.45, 7) is 1.07. The molecule has 0 unspecified atom stereocenters. The van der Waals surface area contributed by atoms with Crippen LogP contribution in [0.15, 0.2) is 11.0 Å². The fourth-order valence-electron chi connectivity index (χ4n) is 0.944. The van der Waals surface area contributed by atoms with E-state index in [2.05, 4.69) is 15.5 Å². The van der Waals surface area contributed by atoms with Gasteiger partial charge in [0.15, 0.2) is 0 Å². The molecule has 1 aliphatic rings. The largest absolute Gasteiger partial charge is 0.484 e. The molecule has 1 aromatic rings. The van der Waals surface area contributed by atoms with E-state index in [0.717, 1.165) is 0 Å². The van der Waals surface area contributed by atoms with Gasteiger partial charge in [-0.2, -0.15) is 5.10 Å². The zero-order valence-electron chi connectivity index (χ0n) is 5.70. The first-order chi connectivity index (χ1) is 5.38. The highest BCUT2D eigenvalue weighted by atomic mass is 16.5. The number of nitrogens with zero attached hydrogens (tertiary/aromatic N) is 2. The van der Waals surface area contributed by atoms with Gasteiger partial charge < -0.3 is 4.74 Å². The van der Waals surface area contributed by atoms with Crippen molar-refractivity contribution < 1.29 is 4.74 Å². The van der Waals surface area contributed by atoms with Crippen molar-refractivity contribution in [1.29, 1.82) is 0 Å². The lowest BCUT2D eigenvalue weighted by molar-refractivity contribution is 0.296. The van der Waals surface area contributed by atoms with Crippen LogP contribution in [0.25, 0.3) is 0 Å². The molecule has 5 heteroatoms. The molecule has 0 aromatic carbocycles. The van der Waals surface area contributed by atoms with Crippen LogP contribution in [0.5, 0.6) is 5.75 Å². The van der Waals surface area contributed by atoms with E-state index >= 15 is 0 Å². The Kier molecular flexibility index (Phi) is 1.28. The summed E-state index contributed by atoms with van der Waals surface area (Å²) >= 11 is 0. The maximum Gasteiger partial charge on any atom is 0.308 e. The minimum absolute atomic E-state index is 0.284. The third kappa shape index (κ3) is 0.938. The van der Waals surface area contributed by atoms with Gasteiger partial charge in [-0.15, -0.1) is 0 Å². The van der Waals surface area contributed by atoms with E-state index in [1.807, 2.05) is 0 Å². The lowest BCUT2D eigenvalue weighted by Gasteiger charge is -2.14. The second-order valence-corrected chi connectivity index (χ2v) is 2.14. The minimum Gasteiger partial charge on any atom is -0.484 e. The Labute approximate surface area is 62.4 Å². The Morgan fingerprint density at radius 2 is 2.55 bits per heavy atom. The van der Waals surface area contributed by atoms with Crippen molar-refractivity contribution >= 4 is 5.69 Å². The molecule has 0 amide bonds. The number of aromatic nitrogens is 2. The fourth-order valence-corrected chi connectivity index (χ4v) is 0.944. The Morgan fingerprint density at radius 3 is 3.36 bits per heavy atom. The number of fused-ring (bicyclic) bond motifs is 1. The van der Waals surface area contributed by atoms with Gasteiger partial charge in [0, 0.05) is 0 Å². The van der Waals surface area contributed by atoms with Crippen LogP contribution in [-0.4, -0.2) is 23.3 Å². The predicted octanol–water partition coefficient (Wildman–Crippen LogP) is -0.602. The molecule has 0 saturated carbocycles. The van der Waals surface area contributed by atoms with Gasteiger partial charge in [-0.25, -0.2) is 5.10 Å². The maximum atomic E-state index is 11.0. The Bertz CT molecular complexity index is 320. The standard InChI is InChI=1S/C6H6N3O2/c10-6-5-4(3-8-9-6)7-1-2-11-5/h3H,1-2H2,(H,9,10). The molecule has 0 saturated heterocycles. The summed E-state index contributed by atoms with van der Waals surface area (Å²) in [6.07, 6.45) is 1.48. The molecule has 1 N–H and O–H groups in total. The van der Waals surface area contributed by atoms with E-state index < -0.39 is 0 Å². The number of hydrogen-bond donors (Lipinski definition) is 1. The van der Waals surface area contributed by atoms with Gasteiger partial charge in [0.2, 0.25) is 5.75 Å². The van der Waals surface area contributed by atoms with E-state index in [1.165, 1.54) is 6.20 Å². The van der Waals surface area contributed by atoms with Crippen LogP contribution in [0, 0.1) is 0 Å². The van der Waals surface area contributed by atoms with Gasteiger partial charge in [0.05, 0.1) is 12.7 Å². The molecule has 0 aliphatic carbocycles. The fraction of sp³-hybridized carbons (Fsp3) is 0.333. The molecule has 57 valence electrons. The summed E-state index contributed by atoms with van der Waals surface area (Å²) in [7, 11) is 0. The summed E-state index contributed by atoms with van der Waals surface area (Å²) in [4.78, 5) is 11.0. The smallest absolute Gasteiger partial charge is 0.308 e. The number of rotatable bonds is 0. The first-order valence-electron chi connectivity index (χ1n) is 3.26. The van der Waals surface area contributed by atoms with Gasteiger partial charge in [-0.3, -0.25) is 10.1 Å². The molecular weight excluding hydrogens is 146 g/mol. The molecule has 2 rings (SSSR count). The van der Waals surface area contributed by atoms with Crippen LogP contribution in [0.2, 0.25) is 0 Å². The molecule has 1 aromatic heterocycles. The van der Waals surface area contributed by atoms with Gasteiger partial charge in [-0.05, 0) is 0 Å². The number of H-pyrrole nitrogens is 1. The van der Waals surface area contributed by atoms with Gasteiger partial charge in [-0.1, -0.05) is 0 Å². The molecule has 0 spiro atoms. The molecule has 1 aliphatic heterocycles. The topological polar surface area (TPSA) is 69.1 Å². The average Bonchev–Trinajstić information content (AvgIpc) is 2.06. The van der Waals surface area contributed by atoms with E-state index in [4.69, 9.17) is 4.74 Å². The van der Waals surface area contributed by atoms with Crippen molar-refractivity contribution in [3.8, 4) is 5.75 Å². The third-order valence-corrected chi connectivity index (χ3v) is 1.41. The van der Waals surface area contributed by atoms with Crippen molar-refractivity contribution in [1.82, 2.24) is 15.5 Å². The highest BCUT2D eigenvalue weighted by Gasteiger charge is 2.13. The summed E-state index contributed by atoms with van der Waals surface area (Å²) in [5.41, 5.74) is 0.228. The summed E-state index contributed by atoms with van der Waals surface area (Å²) < 4.78 is 5.08. The normalized spacial score (nSPS) is 14.5. The lowest BCUT2D eigenvalue weighted by atomic mass is 10.4. The van der Waals surface area contributed by atoms with Crippen molar-refractivity contribution in [3.63, 3.8) is 0 Å². The van der Waals surface area contributed by atoms with Crippen LogP contribution in [0.1, 0.15) is 0 Å². The summed E-state index contributed by atoms with van der Waals surface area (Å²) in [6, 6.07) is 0. The minimum atomic E-state index is -0.314.